The molecule has 0 spiro atoms. The third kappa shape index (κ3) is 3.36. The highest BCUT2D eigenvalue weighted by atomic mass is 16.3. The van der Waals surface area contributed by atoms with E-state index in [2.05, 4.69) is 25.2 Å². The van der Waals surface area contributed by atoms with Crippen molar-refractivity contribution in [3.63, 3.8) is 0 Å². The average molecular weight is 389 g/mol. The first-order valence-corrected chi connectivity index (χ1v) is 9.76. The first-order chi connectivity index (χ1) is 14.0. The van der Waals surface area contributed by atoms with E-state index in [9.17, 15) is 5.11 Å². The van der Waals surface area contributed by atoms with E-state index in [0.717, 1.165) is 58.8 Å². The van der Waals surface area contributed by atoms with Gasteiger partial charge in [0.1, 0.15) is 11.5 Å². The Labute approximate surface area is 168 Å². The highest BCUT2D eigenvalue weighted by Gasteiger charge is 2.29. The van der Waals surface area contributed by atoms with E-state index >= 15 is 0 Å². The van der Waals surface area contributed by atoms with Crippen molar-refractivity contribution in [3.8, 4) is 22.6 Å². The molecule has 1 fully saturated rings. The van der Waals surface area contributed by atoms with Crippen molar-refractivity contribution in [1.82, 2.24) is 29.9 Å². The number of β-amino-alcohol motifs (C(OH)–C–C–N with tert-alkyl or cyclic N) is 1. The topological polar surface area (TPSA) is 95.8 Å². The molecule has 0 aliphatic carbocycles. The lowest BCUT2D eigenvalue weighted by Crippen LogP contribution is -2.46. The number of nitrogens with one attached hydrogen (secondary N) is 1. The summed E-state index contributed by atoms with van der Waals surface area (Å²) in [5.41, 5.74) is 3.57. The van der Waals surface area contributed by atoms with Crippen LogP contribution in [0.5, 0.6) is 0 Å². The van der Waals surface area contributed by atoms with Gasteiger partial charge in [-0.25, -0.2) is 4.98 Å². The molecule has 5 rings (SSSR count). The number of hydrogen-bond donors (Lipinski definition) is 2. The third-order valence-corrected chi connectivity index (χ3v) is 5.42. The number of aromatic nitrogens is 6. The predicted molar refractivity (Wildman–Crippen MR) is 111 cm³/mol. The van der Waals surface area contributed by atoms with E-state index in [-0.39, 0.29) is 0 Å². The third-order valence-electron chi connectivity index (χ3n) is 5.42. The summed E-state index contributed by atoms with van der Waals surface area (Å²) in [5.74, 6) is 0.861. The minimum atomic E-state index is -0.681. The van der Waals surface area contributed by atoms with Gasteiger partial charge in [-0.2, -0.15) is 10.2 Å². The highest BCUT2D eigenvalue weighted by molar-refractivity contribution is 5.93. The molecular weight excluding hydrogens is 366 g/mol. The van der Waals surface area contributed by atoms with Crippen LogP contribution in [0.3, 0.4) is 0 Å². The number of aromatic amines is 1. The number of aryl methyl sites for hydroxylation is 1. The molecule has 1 saturated heterocycles. The van der Waals surface area contributed by atoms with E-state index in [4.69, 9.17) is 4.98 Å². The molecule has 0 bridgehead atoms. The predicted octanol–water partition coefficient (Wildman–Crippen LogP) is 2.77. The molecule has 29 heavy (non-hydrogen) atoms. The Bertz CT molecular complexity index is 1180. The Hall–Kier alpha value is -3.26. The fraction of sp³-hybridized carbons (Fsp3) is 0.333. The van der Waals surface area contributed by atoms with Crippen LogP contribution in [0.25, 0.3) is 33.5 Å². The van der Waals surface area contributed by atoms with Crippen molar-refractivity contribution in [2.75, 3.05) is 18.0 Å². The molecule has 1 aliphatic rings. The minimum absolute atomic E-state index is 0.583. The van der Waals surface area contributed by atoms with Crippen molar-refractivity contribution < 1.29 is 5.11 Å². The lowest BCUT2D eigenvalue weighted by molar-refractivity contribution is 0.0447. The molecule has 148 valence electrons. The van der Waals surface area contributed by atoms with Crippen LogP contribution in [0.4, 0.5) is 5.82 Å². The molecule has 0 amide bonds. The number of pyridine rings is 2. The number of anilines is 1. The molecule has 4 aromatic rings. The Balaban J connectivity index is 1.54. The summed E-state index contributed by atoms with van der Waals surface area (Å²) in [5, 5.41) is 23.2. The van der Waals surface area contributed by atoms with Gasteiger partial charge in [0.05, 0.1) is 34.9 Å². The van der Waals surface area contributed by atoms with Crippen molar-refractivity contribution in [2.24, 2.45) is 7.05 Å². The second kappa shape index (κ2) is 6.66. The monoisotopic (exact) mass is 389 g/mol. The molecule has 1 unspecified atom stereocenters. The Morgan fingerprint density at radius 1 is 1.21 bits per heavy atom. The fourth-order valence-corrected chi connectivity index (χ4v) is 3.97. The second-order valence-corrected chi connectivity index (χ2v) is 7.99. The molecule has 0 saturated carbocycles. The molecule has 1 atom stereocenters. The maximum absolute atomic E-state index is 10.4. The zero-order chi connectivity index (χ0) is 20.0. The smallest absolute Gasteiger partial charge is 0.129 e. The summed E-state index contributed by atoms with van der Waals surface area (Å²) in [4.78, 5) is 11.5. The first-order valence-electron chi connectivity index (χ1n) is 9.76. The van der Waals surface area contributed by atoms with Gasteiger partial charge in [-0.15, -0.1) is 0 Å². The largest absolute Gasteiger partial charge is 0.388 e. The summed E-state index contributed by atoms with van der Waals surface area (Å²) in [7, 11) is 1.89. The van der Waals surface area contributed by atoms with Crippen LogP contribution in [-0.4, -0.2) is 53.7 Å². The van der Waals surface area contributed by atoms with Crippen molar-refractivity contribution in [1.29, 1.82) is 0 Å². The van der Waals surface area contributed by atoms with Crippen LogP contribution < -0.4 is 4.90 Å². The molecule has 0 aromatic carbocycles. The zero-order valence-corrected chi connectivity index (χ0v) is 16.5. The molecular formula is C21H23N7O. The summed E-state index contributed by atoms with van der Waals surface area (Å²) in [6.07, 6.45) is 7.30. The van der Waals surface area contributed by atoms with Gasteiger partial charge < -0.3 is 10.0 Å². The SMILES string of the molecule is Cn1cc(-c2cc3c(-c4cccc(N5CCCC(C)(O)C5)n4)n[nH]c3cn2)cn1. The van der Waals surface area contributed by atoms with Crippen molar-refractivity contribution in [3.05, 3.63) is 42.9 Å². The molecule has 1 aliphatic heterocycles. The Kier molecular flexibility index (Phi) is 4.09. The summed E-state index contributed by atoms with van der Waals surface area (Å²) in [6.45, 7) is 3.36. The molecule has 5 heterocycles. The second-order valence-electron chi connectivity index (χ2n) is 7.99. The number of H-pyrrole nitrogens is 1. The van der Waals surface area contributed by atoms with Crippen molar-refractivity contribution >= 4 is 16.7 Å². The summed E-state index contributed by atoms with van der Waals surface area (Å²) >= 11 is 0. The van der Waals surface area contributed by atoms with E-state index in [1.165, 1.54) is 0 Å². The van der Waals surface area contributed by atoms with E-state index in [1.807, 2.05) is 44.4 Å². The lowest BCUT2D eigenvalue weighted by Gasteiger charge is -2.37. The Morgan fingerprint density at radius 2 is 2.10 bits per heavy atom. The quantitative estimate of drug-likeness (QED) is 0.559. The van der Waals surface area contributed by atoms with Gasteiger partial charge in [0.2, 0.25) is 0 Å². The van der Waals surface area contributed by atoms with Gasteiger partial charge in [0.25, 0.3) is 0 Å². The van der Waals surface area contributed by atoms with Gasteiger partial charge in [-0.05, 0) is 38.0 Å². The molecule has 0 radical (unpaired) electrons. The summed E-state index contributed by atoms with van der Waals surface area (Å²) in [6, 6.07) is 7.96. The van der Waals surface area contributed by atoms with Gasteiger partial charge in [-0.3, -0.25) is 14.8 Å². The normalized spacial score (nSPS) is 19.8. The van der Waals surface area contributed by atoms with Gasteiger partial charge in [-0.1, -0.05) is 6.07 Å². The van der Waals surface area contributed by atoms with Crippen LogP contribution in [0, 0.1) is 0 Å². The molecule has 4 aromatic heterocycles. The minimum Gasteiger partial charge on any atom is -0.388 e. The zero-order valence-electron chi connectivity index (χ0n) is 16.5. The maximum Gasteiger partial charge on any atom is 0.129 e. The molecule has 2 N–H and O–H groups in total. The molecule has 8 nitrogen and oxygen atoms in total. The Morgan fingerprint density at radius 3 is 2.90 bits per heavy atom. The summed E-state index contributed by atoms with van der Waals surface area (Å²) < 4.78 is 1.76. The number of aliphatic hydroxyl groups is 1. The molecule has 8 heteroatoms. The van der Waals surface area contributed by atoms with E-state index in [0.29, 0.717) is 6.54 Å². The first kappa shape index (κ1) is 17.8. The van der Waals surface area contributed by atoms with Gasteiger partial charge in [0.15, 0.2) is 0 Å². The van der Waals surface area contributed by atoms with Crippen LogP contribution in [0.2, 0.25) is 0 Å². The van der Waals surface area contributed by atoms with Crippen LogP contribution in [0.15, 0.2) is 42.9 Å². The average Bonchev–Trinajstić information content (AvgIpc) is 3.33. The van der Waals surface area contributed by atoms with Crippen LogP contribution in [-0.2, 0) is 7.05 Å². The van der Waals surface area contributed by atoms with Gasteiger partial charge >= 0.3 is 0 Å². The standard InChI is InChI=1S/C21H23N7O/c1-21(29)7-4-8-28(13-21)19-6-3-5-16(24-19)20-15-9-17(14-10-23-27(2)12-14)22-11-18(15)25-26-20/h3,5-6,9-12,29H,4,7-8,13H2,1-2H3,(H,25,26). The number of fused-ring (bicyclic) bond motifs is 1. The van der Waals surface area contributed by atoms with E-state index in [1.54, 1.807) is 17.1 Å². The maximum atomic E-state index is 10.4. The number of rotatable bonds is 3. The van der Waals surface area contributed by atoms with Gasteiger partial charge in [0, 0.05) is 37.3 Å². The fourth-order valence-electron chi connectivity index (χ4n) is 3.97. The lowest BCUT2D eigenvalue weighted by atomic mass is 9.95. The van der Waals surface area contributed by atoms with Crippen molar-refractivity contribution in [2.45, 2.75) is 25.4 Å². The number of nitrogens with zero attached hydrogens (tertiary/aromatic N) is 6. The van der Waals surface area contributed by atoms with Crippen LogP contribution in [0.1, 0.15) is 19.8 Å². The van der Waals surface area contributed by atoms with E-state index < -0.39 is 5.60 Å². The highest BCUT2D eigenvalue weighted by Crippen LogP contribution is 2.30. The number of hydrogen-bond acceptors (Lipinski definition) is 6. The van der Waals surface area contributed by atoms with Crippen LogP contribution >= 0.6 is 0 Å². The number of piperidine rings is 1.